The third-order valence-electron chi connectivity index (χ3n) is 4.42. The van der Waals surface area contributed by atoms with Crippen molar-refractivity contribution in [3.63, 3.8) is 0 Å². The first-order valence-corrected chi connectivity index (χ1v) is 9.89. The molecule has 6 nitrogen and oxygen atoms in total. The Kier molecular flexibility index (Phi) is 6.10. The molecule has 0 atom stereocenters. The maximum atomic E-state index is 13.4. The van der Waals surface area contributed by atoms with Gasteiger partial charge in [-0.15, -0.1) is 0 Å². The van der Waals surface area contributed by atoms with Crippen LogP contribution in [0, 0.1) is 19.7 Å². The molecule has 2 aromatic rings. The Balaban J connectivity index is 1.69. The second-order valence-electron chi connectivity index (χ2n) is 6.34. The van der Waals surface area contributed by atoms with Gasteiger partial charge in [0.15, 0.2) is 6.61 Å². The number of Topliss-reactive ketones (excluding diaryl/α,β-unsaturated/α-hetero) is 1. The van der Waals surface area contributed by atoms with Crippen LogP contribution < -0.4 is 0 Å². The van der Waals surface area contributed by atoms with Crippen LogP contribution in [-0.4, -0.2) is 51.9 Å². The minimum Gasteiger partial charge on any atom is -0.456 e. The summed E-state index contributed by atoms with van der Waals surface area (Å²) in [5.41, 5.74) is 2.42. The summed E-state index contributed by atoms with van der Waals surface area (Å²) >= 11 is 7.01. The highest BCUT2D eigenvalue weighted by molar-refractivity contribution is 8.13. The molecule has 1 aliphatic rings. The number of amides is 1. The zero-order valence-electron chi connectivity index (χ0n) is 15.3. The van der Waals surface area contributed by atoms with Crippen molar-refractivity contribution in [2.45, 2.75) is 13.8 Å². The van der Waals surface area contributed by atoms with Crippen LogP contribution >= 0.6 is 23.4 Å². The first-order chi connectivity index (χ1) is 13.3. The molecule has 2 heterocycles. The van der Waals surface area contributed by atoms with Crippen molar-refractivity contribution in [2.24, 2.45) is 0 Å². The number of carbonyl (C=O) groups excluding carboxylic acids is 3. The number of benzene rings is 1. The smallest absolute Gasteiger partial charge is 0.326 e. The Labute approximate surface area is 170 Å². The van der Waals surface area contributed by atoms with E-state index in [4.69, 9.17) is 16.3 Å². The molecule has 1 saturated heterocycles. The SMILES string of the molecule is Cc1cc(C(=O)COC(=O)CN2CCSC2=O)c(C)n1-c1ccc(F)c(Cl)c1. The van der Waals surface area contributed by atoms with Crippen LogP contribution in [-0.2, 0) is 9.53 Å². The fraction of sp³-hybridized carbons (Fsp3) is 0.316. The summed E-state index contributed by atoms with van der Waals surface area (Å²) in [6.07, 6.45) is 0. The minimum absolute atomic E-state index is 0.0126. The number of hydrogen-bond donors (Lipinski definition) is 0. The average Bonchev–Trinajstić information content (AvgIpc) is 3.18. The van der Waals surface area contributed by atoms with Crippen molar-refractivity contribution >= 4 is 40.4 Å². The number of thioether (sulfide) groups is 1. The van der Waals surface area contributed by atoms with E-state index in [1.807, 2.05) is 6.92 Å². The normalized spacial score (nSPS) is 13.9. The number of halogens is 2. The number of carbonyl (C=O) groups is 3. The van der Waals surface area contributed by atoms with Crippen molar-refractivity contribution in [2.75, 3.05) is 25.4 Å². The molecule has 1 aliphatic heterocycles. The van der Waals surface area contributed by atoms with E-state index < -0.39 is 18.4 Å². The Morgan fingerprint density at radius 2 is 2.04 bits per heavy atom. The monoisotopic (exact) mass is 424 g/mol. The Morgan fingerprint density at radius 1 is 1.29 bits per heavy atom. The van der Waals surface area contributed by atoms with E-state index in [1.165, 1.54) is 17.0 Å². The zero-order chi connectivity index (χ0) is 20.4. The molecule has 0 saturated carbocycles. The molecule has 3 rings (SSSR count). The third-order valence-corrected chi connectivity index (χ3v) is 5.60. The highest BCUT2D eigenvalue weighted by Crippen LogP contribution is 2.25. The first-order valence-electron chi connectivity index (χ1n) is 8.53. The van der Waals surface area contributed by atoms with Crippen molar-refractivity contribution in [3.8, 4) is 5.69 Å². The molecule has 28 heavy (non-hydrogen) atoms. The molecule has 0 aliphatic carbocycles. The fourth-order valence-electron chi connectivity index (χ4n) is 3.06. The van der Waals surface area contributed by atoms with Crippen LogP contribution in [0.2, 0.25) is 5.02 Å². The van der Waals surface area contributed by atoms with Gasteiger partial charge in [-0.05, 0) is 38.1 Å². The molecule has 0 N–H and O–H groups in total. The van der Waals surface area contributed by atoms with Crippen molar-refractivity contribution in [1.29, 1.82) is 0 Å². The molecule has 1 fully saturated rings. The minimum atomic E-state index is -0.622. The van der Waals surface area contributed by atoms with Crippen LogP contribution in [0.25, 0.3) is 5.69 Å². The lowest BCUT2D eigenvalue weighted by atomic mass is 10.1. The molecule has 148 valence electrons. The Hall–Kier alpha value is -2.32. The van der Waals surface area contributed by atoms with Crippen molar-refractivity contribution in [1.82, 2.24) is 9.47 Å². The lowest BCUT2D eigenvalue weighted by Crippen LogP contribution is -2.31. The Morgan fingerprint density at radius 3 is 2.68 bits per heavy atom. The van der Waals surface area contributed by atoms with Gasteiger partial charge in [0.25, 0.3) is 5.24 Å². The van der Waals surface area contributed by atoms with Gasteiger partial charge in [0, 0.05) is 34.9 Å². The highest BCUT2D eigenvalue weighted by Gasteiger charge is 2.25. The van der Waals surface area contributed by atoms with Gasteiger partial charge in [0.1, 0.15) is 12.4 Å². The van der Waals surface area contributed by atoms with Crippen molar-refractivity contribution < 1.29 is 23.5 Å². The lowest BCUT2D eigenvalue weighted by Gasteiger charge is -2.13. The average molecular weight is 425 g/mol. The predicted molar refractivity (Wildman–Crippen MR) is 105 cm³/mol. The summed E-state index contributed by atoms with van der Waals surface area (Å²) < 4.78 is 20.2. The molecule has 0 radical (unpaired) electrons. The first kappa shape index (κ1) is 20.4. The number of nitrogens with zero attached hydrogens (tertiary/aromatic N) is 2. The number of aryl methyl sites for hydroxylation is 1. The van der Waals surface area contributed by atoms with E-state index in [1.54, 1.807) is 23.6 Å². The van der Waals surface area contributed by atoms with Gasteiger partial charge < -0.3 is 14.2 Å². The number of aromatic nitrogens is 1. The molecule has 1 aromatic heterocycles. The number of ether oxygens (including phenoxy) is 1. The van der Waals surface area contributed by atoms with Crippen LogP contribution in [0.3, 0.4) is 0 Å². The molecule has 1 amide bonds. The third kappa shape index (κ3) is 4.23. The number of hydrogen-bond acceptors (Lipinski definition) is 5. The van der Waals surface area contributed by atoms with E-state index in [0.29, 0.717) is 29.2 Å². The topological polar surface area (TPSA) is 68.6 Å². The van der Waals surface area contributed by atoms with Crippen LogP contribution in [0.4, 0.5) is 9.18 Å². The van der Waals surface area contributed by atoms with Crippen LogP contribution in [0.15, 0.2) is 24.3 Å². The van der Waals surface area contributed by atoms with Gasteiger partial charge in [-0.1, -0.05) is 23.4 Å². The van der Waals surface area contributed by atoms with Gasteiger partial charge >= 0.3 is 5.97 Å². The van der Waals surface area contributed by atoms with E-state index >= 15 is 0 Å². The molecule has 0 bridgehead atoms. The molecular formula is C19H18ClFN2O4S. The van der Waals surface area contributed by atoms with E-state index in [-0.39, 0.29) is 22.6 Å². The van der Waals surface area contributed by atoms with E-state index in [0.717, 1.165) is 17.5 Å². The number of ketones is 1. The maximum absolute atomic E-state index is 13.4. The fourth-order valence-corrected chi connectivity index (χ4v) is 4.06. The molecule has 0 spiro atoms. The van der Waals surface area contributed by atoms with Crippen LogP contribution in [0.5, 0.6) is 0 Å². The van der Waals surface area contributed by atoms with E-state index in [2.05, 4.69) is 0 Å². The summed E-state index contributed by atoms with van der Waals surface area (Å²) in [5.74, 6) is -0.859. The van der Waals surface area contributed by atoms with Gasteiger partial charge in [-0.3, -0.25) is 14.4 Å². The molecule has 9 heteroatoms. The maximum Gasteiger partial charge on any atom is 0.326 e. The molecule has 1 aromatic carbocycles. The zero-order valence-corrected chi connectivity index (χ0v) is 16.9. The summed E-state index contributed by atoms with van der Waals surface area (Å²) in [6.45, 7) is 3.48. The lowest BCUT2D eigenvalue weighted by molar-refractivity contribution is -0.142. The van der Waals surface area contributed by atoms with Gasteiger partial charge in [0.2, 0.25) is 5.78 Å². The summed E-state index contributed by atoms with van der Waals surface area (Å²) in [6, 6.07) is 6.00. The second-order valence-corrected chi connectivity index (χ2v) is 7.79. The number of rotatable bonds is 6. The molecular weight excluding hydrogens is 407 g/mol. The quantitative estimate of drug-likeness (QED) is 0.521. The second kappa shape index (κ2) is 8.36. The summed E-state index contributed by atoms with van der Waals surface area (Å²) in [5, 5.41) is -0.175. The van der Waals surface area contributed by atoms with Crippen molar-refractivity contribution in [3.05, 3.63) is 52.1 Å². The summed E-state index contributed by atoms with van der Waals surface area (Å²) in [4.78, 5) is 37.3. The van der Waals surface area contributed by atoms with Crippen LogP contribution in [0.1, 0.15) is 21.7 Å². The molecule has 0 unspecified atom stereocenters. The Bertz CT molecular complexity index is 960. The largest absolute Gasteiger partial charge is 0.456 e. The standard InChI is InChI=1S/C19H18ClFN2O4S/c1-11-7-14(12(2)23(11)13-3-4-16(21)15(20)8-13)17(24)10-27-18(25)9-22-5-6-28-19(22)26/h3-4,7-8H,5-6,9-10H2,1-2H3. The predicted octanol–water partition coefficient (Wildman–Crippen LogP) is 3.78. The van der Waals surface area contributed by atoms with Gasteiger partial charge in [0.05, 0.1) is 5.02 Å². The van der Waals surface area contributed by atoms with Gasteiger partial charge in [-0.25, -0.2) is 4.39 Å². The van der Waals surface area contributed by atoms with E-state index in [9.17, 15) is 18.8 Å². The number of esters is 1. The summed E-state index contributed by atoms with van der Waals surface area (Å²) in [7, 11) is 0. The van der Waals surface area contributed by atoms with Gasteiger partial charge in [-0.2, -0.15) is 0 Å². The highest BCUT2D eigenvalue weighted by atomic mass is 35.5.